The van der Waals surface area contributed by atoms with Gasteiger partial charge in [-0.3, -0.25) is 0 Å². The maximum Gasteiger partial charge on any atom is 0.0353 e. The van der Waals surface area contributed by atoms with Gasteiger partial charge in [-0.2, -0.15) is 0 Å². The van der Waals surface area contributed by atoms with Crippen LogP contribution in [0.4, 0.5) is 0 Å². The highest BCUT2D eigenvalue weighted by molar-refractivity contribution is 14.1. The zero-order chi connectivity index (χ0) is 7.44. The average molecular weight is 325 g/mol. The Kier molecular flexibility index (Phi) is 6.05. The van der Waals surface area contributed by atoms with Crippen molar-refractivity contribution in [1.29, 1.82) is 0 Å². The number of hydrogen-bond acceptors (Lipinski definition) is 0. The molecule has 0 saturated heterocycles. The van der Waals surface area contributed by atoms with Crippen molar-refractivity contribution in [3.05, 3.63) is 0 Å². The summed E-state index contributed by atoms with van der Waals surface area (Å²) in [5.41, 5.74) is 0. The predicted octanol–water partition coefficient (Wildman–Crippen LogP) is 3.45. The lowest BCUT2D eigenvalue weighted by molar-refractivity contribution is 0.590. The van der Waals surface area contributed by atoms with Gasteiger partial charge in [0.05, 0.1) is 0 Å². The molecule has 56 valence electrons. The molecular formula is C6H11BrClI. The maximum absolute atomic E-state index is 5.90. The van der Waals surface area contributed by atoms with Crippen LogP contribution in [0.1, 0.15) is 13.8 Å². The molecule has 0 N–H and O–H groups in total. The fraction of sp³-hybridized carbons (Fsp3) is 1.00. The molecule has 0 aromatic heterocycles. The van der Waals surface area contributed by atoms with Crippen LogP contribution in [0.3, 0.4) is 0 Å². The van der Waals surface area contributed by atoms with Crippen LogP contribution >= 0.6 is 50.1 Å². The first-order valence-electron chi connectivity index (χ1n) is 2.93. The highest BCUT2D eigenvalue weighted by atomic mass is 127. The number of hydrogen-bond donors (Lipinski definition) is 0. The van der Waals surface area contributed by atoms with E-state index in [4.69, 9.17) is 11.6 Å². The zero-order valence-corrected chi connectivity index (χ0v) is 10.1. The van der Waals surface area contributed by atoms with Gasteiger partial charge in [-0.05, 0) is 12.8 Å². The monoisotopic (exact) mass is 324 g/mol. The Hall–Kier alpha value is 1.50. The van der Waals surface area contributed by atoms with Crippen LogP contribution in [0, 0.1) is 5.92 Å². The second kappa shape index (κ2) is 5.19. The molecule has 0 aliphatic heterocycles. The van der Waals surface area contributed by atoms with E-state index >= 15 is 0 Å². The first-order chi connectivity index (χ1) is 4.09. The molecule has 9 heavy (non-hydrogen) atoms. The lowest BCUT2D eigenvalue weighted by atomic mass is 10.1. The summed E-state index contributed by atoms with van der Waals surface area (Å²) in [7, 11) is 0. The minimum absolute atomic E-state index is 0.274. The van der Waals surface area contributed by atoms with Crippen LogP contribution in [0.5, 0.6) is 0 Å². The Morgan fingerprint density at radius 2 is 2.00 bits per heavy atom. The van der Waals surface area contributed by atoms with Gasteiger partial charge in [0.25, 0.3) is 0 Å². The summed E-state index contributed by atoms with van der Waals surface area (Å²) < 4.78 is 1.12. The second-order valence-corrected chi connectivity index (χ2v) is 5.19. The molecule has 0 aromatic rings. The molecule has 3 unspecified atom stereocenters. The van der Waals surface area contributed by atoms with Gasteiger partial charge in [-0.1, -0.05) is 45.4 Å². The van der Waals surface area contributed by atoms with Crippen LogP contribution in [0.25, 0.3) is 0 Å². The lowest BCUT2D eigenvalue weighted by Gasteiger charge is -2.18. The molecule has 0 nitrogen and oxygen atoms in total. The summed E-state index contributed by atoms with van der Waals surface area (Å²) in [4.78, 5) is 0.530. The molecule has 0 saturated carbocycles. The maximum atomic E-state index is 5.90. The Labute approximate surface area is 84.0 Å². The smallest absolute Gasteiger partial charge is 0.0353 e. The first-order valence-corrected chi connectivity index (χ1v) is 5.81. The normalized spacial score (nSPS) is 21.0. The van der Waals surface area contributed by atoms with Crippen LogP contribution in [-0.2, 0) is 0 Å². The Balaban J connectivity index is 3.68. The van der Waals surface area contributed by atoms with Crippen molar-refractivity contribution in [2.24, 2.45) is 5.92 Å². The van der Waals surface area contributed by atoms with E-state index in [1.165, 1.54) is 0 Å². The van der Waals surface area contributed by atoms with Crippen molar-refractivity contribution >= 4 is 50.1 Å². The molecule has 0 radical (unpaired) electrons. The molecule has 0 aliphatic carbocycles. The Morgan fingerprint density at radius 3 is 2.00 bits per heavy atom. The SMILES string of the molecule is CC(Cl)C(CI)C(C)Br. The van der Waals surface area contributed by atoms with Crippen molar-refractivity contribution < 1.29 is 0 Å². The van der Waals surface area contributed by atoms with Crippen LogP contribution in [0.15, 0.2) is 0 Å². The lowest BCUT2D eigenvalue weighted by Crippen LogP contribution is -2.21. The quantitative estimate of drug-likeness (QED) is 0.551. The largest absolute Gasteiger partial charge is 0.123 e. The van der Waals surface area contributed by atoms with E-state index in [1.807, 2.05) is 6.92 Å². The highest BCUT2D eigenvalue weighted by Crippen LogP contribution is 2.22. The van der Waals surface area contributed by atoms with Gasteiger partial charge < -0.3 is 0 Å². The number of alkyl halides is 3. The second-order valence-electron chi connectivity index (χ2n) is 2.17. The van der Waals surface area contributed by atoms with E-state index in [-0.39, 0.29) is 5.38 Å². The molecular weight excluding hydrogens is 314 g/mol. The van der Waals surface area contributed by atoms with Gasteiger partial charge in [-0.15, -0.1) is 11.6 Å². The van der Waals surface area contributed by atoms with Crippen LogP contribution < -0.4 is 0 Å². The fourth-order valence-electron chi connectivity index (χ4n) is 0.611. The number of rotatable bonds is 3. The molecule has 0 amide bonds. The van der Waals surface area contributed by atoms with Crippen LogP contribution in [0.2, 0.25) is 0 Å². The third-order valence-corrected chi connectivity index (χ3v) is 3.38. The summed E-state index contributed by atoms with van der Waals surface area (Å²) in [6.45, 7) is 4.19. The van der Waals surface area contributed by atoms with Crippen molar-refractivity contribution in [2.45, 2.75) is 24.1 Å². The average Bonchev–Trinajstić information content (AvgIpc) is 1.64. The third kappa shape index (κ3) is 4.04. The van der Waals surface area contributed by atoms with Gasteiger partial charge in [0.2, 0.25) is 0 Å². The minimum atomic E-state index is 0.274. The summed E-state index contributed by atoms with van der Waals surface area (Å²) in [5, 5.41) is 0.274. The highest BCUT2D eigenvalue weighted by Gasteiger charge is 2.17. The van der Waals surface area contributed by atoms with Crippen molar-refractivity contribution in [1.82, 2.24) is 0 Å². The summed E-state index contributed by atoms with van der Waals surface area (Å²) in [6, 6.07) is 0. The van der Waals surface area contributed by atoms with E-state index in [9.17, 15) is 0 Å². The molecule has 0 rings (SSSR count). The Morgan fingerprint density at radius 1 is 1.56 bits per heavy atom. The number of halogens is 3. The van der Waals surface area contributed by atoms with Gasteiger partial charge in [0.15, 0.2) is 0 Å². The van der Waals surface area contributed by atoms with E-state index in [0.29, 0.717) is 10.7 Å². The van der Waals surface area contributed by atoms with Gasteiger partial charge in [0.1, 0.15) is 0 Å². The molecule has 3 heteroatoms. The van der Waals surface area contributed by atoms with Gasteiger partial charge in [-0.25, -0.2) is 0 Å². The summed E-state index contributed by atoms with van der Waals surface area (Å²) in [5.74, 6) is 0.590. The van der Waals surface area contributed by atoms with Crippen molar-refractivity contribution in [3.8, 4) is 0 Å². The predicted molar refractivity (Wildman–Crippen MR) is 56.1 cm³/mol. The van der Waals surface area contributed by atoms with E-state index in [0.717, 1.165) is 4.43 Å². The van der Waals surface area contributed by atoms with Crippen molar-refractivity contribution in [2.75, 3.05) is 4.43 Å². The molecule has 0 spiro atoms. The summed E-state index contributed by atoms with van der Waals surface area (Å²) in [6.07, 6.45) is 0. The van der Waals surface area contributed by atoms with E-state index in [2.05, 4.69) is 45.4 Å². The molecule has 0 heterocycles. The van der Waals surface area contributed by atoms with E-state index < -0.39 is 0 Å². The Bertz CT molecular complexity index is 67.5. The molecule has 3 atom stereocenters. The molecule has 0 bridgehead atoms. The third-order valence-electron chi connectivity index (χ3n) is 1.36. The zero-order valence-electron chi connectivity index (χ0n) is 5.57. The molecule has 0 aliphatic rings. The van der Waals surface area contributed by atoms with Gasteiger partial charge in [0, 0.05) is 14.6 Å². The van der Waals surface area contributed by atoms with Gasteiger partial charge >= 0.3 is 0 Å². The standard InChI is InChI=1S/C6H11BrClI/c1-4(7)6(3-9)5(2)8/h4-6H,3H2,1-2H3. The van der Waals surface area contributed by atoms with Crippen LogP contribution in [-0.4, -0.2) is 14.6 Å². The summed E-state index contributed by atoms with van der Waals surface area (Å²) >= 11 is 11.8. The minimum Gasteiger partial charge on any atom is -0.123 e. The fourth-order valence-corrected chi connectivity index (χ4v) is 4.26. The molecule has 0 aromatic carbocycles. The van der Waals surface area contributed by atoms with E-state index in [1.54, 1.807) is 0 Å². The van der Waals surface area contributed by atoms with Crippen molar-refractivity contribution in [3.63, 3.8) is 0 Å². The molecule has 0 fully saturated rings. The topological polar surface area (TPSA) is 0 Å². The first kappa shape index (κ1) is 10.5.